The Morgan fingerprint density at radius 3 is 2.27 bits per heavy atom. The van der Waals surface area contributed by atoms with E-state index in [4.69, 9.17) is 5.73 Å². The van der Waals surface area contributed by atoms with Gasteiger partial charge in [0.25, 0.3) is 0 Å². The van der Waals surface area contributed by atoms with Crippen LogP contribution in [0.4, 0.5) is 4.39 Å². The van der Waals surface area contributed by atoms with Gasteiger partial charge in [-0.25, -0.2) is 4.39 Å². The highest BCUT2D eigenvalue weighted by molar-refractivity contribution is 5.85. The van der Waals surface area contributed by atoms with Crippen LogP contribution < -0.4 is 5.73 Å². The molecule has 2 N–H and O–H groups in total. The van der Waals surface area contributed by atoms with Gasteiger partial charge in [0, 0.05) is 26.2 Å². The third-order valence-corrected chi connectivity index (χ3v) is 3.63. The Balaban J connectivity index is 0.00000242. The summed E-state index contributed by atoms with van der Waals surface area (Å²) in [5.41, 5.74) is 5.97. The smallest absolute Gasteiger partial charge is 0.239 e. The summed E-state index contributed by atoms with van der Waals surface area (Å²) in [6, 6.07) is 5.75. The van der Waals surface area contributed by atoms with E-state index in [1.165, 1.54) is 6.07 Å². The van der Waals surface area contributed by atoms with E-state index in [0.717, 1.165) is 0 Å². The second-order valence-electron chi connectivity index (χ2n) is 5.26. The van der Waals surface area contributed by atoms with Crippen molar-refractivity contribution >= 4 is 24.2 Å². The van der Waals surface area contributed by atoms with E-state index in [1.807, 2.05) is 0 Å². The highest BCUT2D eigenvalue weighted by Crippen LogP contribution is 2.11. The molecule has 5 nitrogen and oxygen atoms in total. The fourth-order valence-electron chi connectivity index (χ4n) is 2.38. The average Bonchev–Trinajstić information content (AvgIpc) is 2.49. The van der Waals surface area contributed by atoms with Crippen LogP contribution in [0.1, 0.15) is 12.5 Å². The number of nitrogens with zero attached hydrogens (tertiary/aromatic N) is 2. The zero-order valence-electron chi connectivity index (χ0n) is 12.5. The van der Waals surface area contributed by atoms with E-state index >= 15 is 0 Å². The summed E-state index contributed by atoms with van der Waals surface area (Å²) in [5, 5.41) is 0. The lowest BCUT2D eigenvalue weighted by atomic mass is 10.1. The summed E-state index contributed by atoms with van der Waals surface area (Å²) in [4.78, 5) is 27.2. The summed E-state index contributed by atoms with van der Waals surface area (Å²) in [6.07, 6.45) is 0.0495. The number of hydrogen-bond donors (Lipinski definition) is 1. The normalized spacial score (nSPS) is 16.0. The molecule has 1 atom stereocenters. The zero-order chi connectivity index (χ0) is 15.4. The molecule has 0 spiro atoms. The van der Waals surface area contributed by atoms with Crippen LogP contribution in [0.5, 0.6) is 0 Å². The van der Waals surface area contributed by atoms with Crippen LogP contribution in [0.2, 0.25) is 0 Å². The zero-order valence-corrected chi connectivity index (χ0v) is 13.3. The van der Waals surface area contributed by atoms with Crippen LogP contribution in [0, 0.1) is 5.82 Å². The lowest BCUT2D eigenvalue weighted by molar-refractivity contribution is -0.139. The molecule has 2 amide bonds. The molecule has 0 radical (unpaired) electrons. The minimum absolute atomic E-state index is 0. The number of halogens is 2. The van der Waals surface area contributed by atoms with E-state index in [-0.39, 0.29) is 36.5 Å². The summed E-state index contributed by atoms with van der Waals surface area (Å²) < 4.78 is 13.5. The molecule has 7 heteroatoms. The standard InChI is InChI=1S/C15H20FN3O2.ClH/c1-11(17)15(21)19-8-6-18(7-9-19)14(20)10-12-4-2-3-5-13(12)16;/h2-5,11H,6-10,17H2,1H3;1H/t11-;/m1./s1. The van der Waals surface area contributed by atoms with Gasteiger partial charge < -0.3 is 15.5 Å². The molecule has 0 unspecified atom stereocenters. The van der Waals surface area contributed by atoms with Gasteiger partial charge in [-0.3, -0.25) is 9.59 Å². The van der Waals surface area contributed by atoms with Crippen LogP contribution in [0.15, 0.2) is 24.3 Å². The number of nitrogens with two attached hydrogens (primary N) is 1. The van der Waals surface area contributed by atoms with Gasteiger partial charge in [0.1, 0.15) is 5.82 Å². The van der Waals surface area contributed by atoms with Gasteiger partial charge in [-0.1, -0.05) is 18.2 Å². The predicted molar refractivity (Wildman–Crippen MR) is 84.2 cm³/mol. The maximum atomic E-state index is 13.5. The van der Waals surface area contributed by atoms with Gasteiger partial charge in [0.2, 0.25) is 11.8 Å². The van der Waals surface area contributed by atoms with Crippen molar-refractivity contribution in [1.82, 2.24) is 9.80 Å². The third kappa shape index (κ3) is 4.42. The Morgan fingerprint density at radius 2 is 1.73 bits per heavy atom. The first-order valence-corrected chi connectivity index (χ1v) is 7.04. The Kier molecular flexibility index (Phi) is 6.77. The molecule has 0 bridgehead atoms. The van der Waals surface area contributed by atoms with Crippen molar-refractivity contribution in [3.05, 3.63) is 35.6 Å². The number of rotatable bonds is 3. The first-order valence-electron chi connectivity index (χ1n) is 7.04. The molecule has 22 heavy (non-hydrogen) atoms. The number of carbonyl (C=O) groups excluding carboxylic acids is 2. The van der Waals surface area contributed by atoms with Crippen molar-refractivity contribution < 1.29 is 14.0 Å². The van der Waals surface area contributed by atoms with E-state index in [0.29, 0.717) is 31.7 Å². The maximum absolute atomic E-state index is 13.5. The number of benzene rings is 1. The molecule has 1 aromatic rings. The van der Waals surface area contributed by atoms with Gasteiger partial charge >= 0.3 is 0 Å². The number of piperazine rings is 1. The molecule has 0 aliphatic carbocycles. The van der Waals surface area contributed by atoms with Crippen LogP contribution in [0.3, 0.4) is 0 Å². The van der Waals surface area contributed by atoms with Crippen molar-refractivity contribution in [1.29, 1.82) is 0 Å². The SMILES string of the molecule is C[C@@H](N)C(=O)N1CCN(C(=O)Cc2ccccc2F)CC1.Cl. The minimum Gasteiger partial charge on any atom is -0.339 e. The van der Waals surface area contributed by atoms with Gasteiger partial charge in [-0.2, -0.15) is 0 Å². The summed E-state index contributed by atoms with van der Waals surface area (Å²) in [5.74, 6) is -0.583. The first kappa shape index (κ1) is 18.4. The first-order chi connectivity index (χ1) is 9.99. The Morgan fingerprint density at radius 1 is 1.18 bits per heavy atom. The topological polar surface area (TPSA) is 66.6 Å². The van der Waals surface area contributed by atoms with Crippen LogP contribution in [0.25, 0.3) is 0 Å². The lowest BCUT2D eigenvalue weighted by Crippen LogP contribution is -2.54. The molecule has 2 rings (SSSR count). The fourth-order valence-corrected chi connectivity index (χ4v) is 2.38. The second kappa shape index (κ2) is 8.10. The Labute approximate surface area is 135 Å². The minimum atomic E-state index is -0.523. The van der Waals surface area contributed by atoms with Crippen molar-refractivity contribution in [2.45, 2.75) is 19.4 Å². The average molecular weight is 330 g/mol. The van der Waals surface area contributed by atoms with Gasteiger partial charge in [-0.05, 0) is 18.6 Å². The maximum Gasteiger partial charge on any atom is 0.239 e. The Hall–Kier alpha value is -1.66. The third-order valence-electron chi connectivity index (χ3n) is 3.63. The Bertz CT molecular complexity index is 531. The van der Waals surface area contributed by atoms with Crippen molar-refractivity contribution in [2.24, 2.45) is 5.73 Å². The summed E-state index contributed by atoms with van der Waals surface area (Å²) in [6.45, 7) is 3.53. The molecule has 122 valence electrons. The molecule has 0 saturated carbocycles. The largest absolute Gasteiger partial charge is 0.339 e. The summed E-state index contributed by atoms with van der Waals surface area (Å²) in [7, 11) is 0. The van der Waals surface area contributed by atoms with Gasteiger partial charge in [-0.15, -0.1) is 12.4 Å². The van der Waals surface area contributed by atoms with E-state index in [1.54, 1.807) is 34.9 Å². The van der Waals surface area contributed by atoms with Crippen molar-refractivity contribution in [3.63, 3.8) is 0 Å². The molecule has 1 aliphatic rings. The van der Waals surface area contributed by atoms with Crippen LogP contribution in [-0.2, 0) is 16.0 Å². The molecule has 1 aromatic carbocycles. The number of hydrogen-bond acceptors (Lipinski definition) is 3. The molecule has 1 fully saturated rings. The van der Waals surface area contributed by atoms with E-state index in [2.05, 4.69) is 0 Å². The lowest BCUT2D eigenvalue weighted by Gasteiger charge is -2.35. The molecular formula is C15H21ClFN3O2. The molecule has 1 heterocycles. The monoisotopic (exact) mass is 329 g/mol. The summed E-state index contributed by atoms with van der Waals surface area (Å²) >= 11 is 0. The van der Waals surface area contributed by atoms with Crippen molar-refractivity contribution in [2.75, 3.05) is 26.2 Å². The van der Waals surface area contributed by atoms with Crippen LogP contribution >= 0.6 is 12.4 Å². The molecule has 0 aromatic heterocycles. The quantitative estimate of drug-likeness (QED) is 0.892. The highest BCUT2D eigenvalue weighted by Gasteiger charge is 2.25. The van der Waals surface area contributed by atoms with Gasteiger partial charge in [0.05, 0.1) is 12.5 Å². The molecule has 1 aliphatic heterocycles. The molecular weight excluding hydrogens is 309 g/mol. The predicted octanol–water partition coefficient (Wildman–Crippen LogP) is 0.808. The van der Waals surface area contributed by atoms with Gasteiger partial charge in [0.15, 0.2) is 0 Å². The second-order valence-corrected chi connectivity index (χ2v) is 5.26. The van der Waals surface area contributed by atoms with Crippen LogP contribution in [-0.4, -0.2) is 53.8 Å². The van der Waals surface area contributed by atoms with E-state index < -0.39 is 6.04 Å². The fraction of sp³-hybridized carbons (Fsp3) is 0.467. The van der Waals surface area contributed by atoms with E-state index in [9.17, 15) is 14.0 Å². The highest BCUT2D eigenvalue weighted by atomic mass is 35.5. The number of carbonyl (C=O) groups is 2. The molecule has 1 saturated heterocycles. The number of amides is 2. The van der Waals surface area contributed by atoms with Crippen molar-refractivity contribution in [3.8, 4) is 0 Å².